The first kappa shape index (κ1) is 21.4. The van der Waals surface area contributed by atoms with Crippen molar-refractivity contribution in [3.63, 3.8) is 0 Å². The van der Waals surface area contributed by atoms with Gasteiger partial charge in [-0.2, -0.15) is 0 Å². The predicted molar refractivity (Wildman–Crippen MR) is 123 cm³/mol. The van der Waals surface area contributed by atoms with Gasteiger partial charge < -0.3 is 10.1 Å². The smallest absolute Gasteiger partial charge is 0.329 e. The summed E-state index contributed by atoms with van der Waals surface area (Å²) in [6.45, 7) is 4.72. The number of nitrogens with zero attached hydrogens (tertiary/aromatic N) is 3. The van der Waals surface area contributed by atoms with Crippen LogP contribution in [0.2, 0.25) is 0 Å². The first-order chi connectivity index (χ1) is 15.6. The zero-order chi connectivity index (χ0) is 22.5. The molecule has 1 amide bonds. The van der Waals surface area contributed by atoms with E-state index in [4.69, 9.17) is 4.74 Å². The van der Waals surface area contributed by atoms with Crippen molar-refractivity contribution in [3.8, 4) is 5.75 Å². The van der Waals surface area contributed by atoms with Crippen LogP contribution < -0.4 is 15.7 Å². The Morgan fingerprint density at radius 3 is 2.50 bits per heavy atom. The van der Waals surface area contributed by atoms with E-state index in [9.17, 15) is 9.59 Å². The number of amides is 1. The van der Waals surface area contributed by atoms with Crippen molar-refractivity contribution in [2.45, 2.75) is 39.6 Å². The highest BCUT2D eigenvalue weighted by molar-refractivity contribution is 5.81. The Hall–Kier alpha value is -3.87. The molecule has 4 aromatic rings. The molecule has 0 fully saturated rings. The van der Waals surface area contributed by atoms with Gasteiger partial charge in [0.05, 0.1) is 22.8 Å². The van der Waals surface area contributed by atoms with E-state index in [1.165, 1.54) is 4.57 Å². The Labute approximate surface area is 186 Å². The van der Waals surface area contributed by atoms with Gasteiger partial charge in [-0.15, -0.1) is 0 Å². The van der Waals surface area contributed by atoms with E-state index in [0.29, 0.717) is 18.9 Å². The zero-order valence-electron chi connectivity index (χ0n) is 18.2. The normalized spacial score (nSPS) is 11.9. The highest BCUT2D eigenvalue weighted by Crippen LogP contribution is 2.20. The minimum atomic E-state index is -0.240. The Kier molecular flexibility index (Phi) is 6.35. The van der Waals surface area contributed by atoms with Gasteiger partial charge in [-0.05, 0) is 55.8 Å². The third-order valence-corrected chi connectivity index (χ3v) is 5.39. The molecule has 1 unspecified atom stereocenters. The van der Waals surface area contributed by atoms with Crippen LogP contribution in [0.5, 0.6) is 5.75 Å². The number of benzene rings is 2. The van der Waals surface area contributed by atoms with Gasteiger partial charge in [-0.3, -0.25) is 18.9 Å². The molecule has 0 radical (unpaired) electrons. The number of imidazole rings is 1. The van der Waals surface area contributed by atoms with Gasteiger partial charge in [0.1, 0.15) is 18.9 Å². The summed E-state index contributed by atoms with van der Waals surface area (Å²) in [5.41, 5.74) is 3.17. The number of carbonyl (C=O) groups is 1. The van der Waals surface area contributed by atoms with Crippen molar-refractivity contribution in [2.24, 2.45) is 0 Å². The van der Waals surface area contributed by atoms with Crippen LogP contribution in [0.15, 0.2) is 77.7 Å². The first-order valence-electron chi connectivity index (χ1n) is 10.7. The second-order valence-corrected chi connectivity index (χ2v) is 7.57. The SMILES string of the molecule is CCn1c(=O)n(CC(=O)NC(C)c2cccc(OCc3ccccn3)c2)c2ccccc21. The number of rotatable bonds is 8. The van der Waals surface area contributed by atoms with Gasteiger partial charge in [0.2, 0.25) is 5.91 Å². The zero-order valence-corrected chi connectivity index (χ0v) is 18.2. The van der Waals surface area contributed by atoms with Crippen molar-refractivity contribution in [3.05, 3.63) is 94.7 Å². The van der Waals surface area contributed by atoms with Crippen LogP contribution in [0.4, 0.5) is 0 Å². The lowest BCUT2D eigenvalue weighted by Gasteiger charge is -2.16. The third kappa shape index (κ3) is 4.56. The fraction of sp³-hybridized carbons (Fsp3) is 0.240. The van der Waals surface area contributed by atoms with E-state index >= 15 is 0 Å². The van der Waals surface area contributed by atoms with Crippen LogP contribution in [-0.2, 0) is 24.5 Å². The third-order valence-electron chi connectivity index (χ3n) is 5.39. The first-order valence-corrected chi connectivity index (χ1v) is 10.7. The molecule has 32 heavy (non-hydrogen) atoms. The molecule has 0 spiro atoms. The summed E-state index contributed by atoms with van der Waals surface area (Å²) >= 11 is 0. The van der Waals surface area contributed by atoms with Gasteiger partial charge >= 0.3 is 5.69 Å². The van der Waals surface area contributed by atoms with Crippen molar-refractivity contribution < 1.29 is 9.53 Å². The molecule has 7 nitrogen and oxygen atoms in total. The Balaban J connectivity index is 1.44. The maximum atomic E-state index is 12.8. The largest absolute Gasteiger partial charge is 0.487 e. The number of aromatic nitrogens is 3. The molecule has 0 bridgehead atoms. The Morgan fingerprint density at radius 2 is 1.78 bits per heavy atom. The molecule has 0 saturated heterocycles. The van der Waals surface area contributed by atoms with Crippen LogP contribution in [0.3, 0.4) is 0 Å². The molecule has 4 rings (SSSR count). The van der Waals surface area contributed by atoms with E-state index in [2.05, 4.69) is 10.3 Å². The van der Waals surface area contributed by atoms with Crippen molar-refractivity contribution in [2.75, 3.05) is 0 Å². The summed E-state index contributed by atoms with van der Waals surface area (Å²) in [5, 5.41) is 2.99. The maximum Gasteiger partial charge on any atom is 0.329 e. The molecule has 2 aromatic heterocycles. The van der Waals surface area contributed by atoms with Crippen molar-refractivity contribution in [1.82, 2.24) is 19.4 Å². The molecule has 2 aromatic carbocycles. The van der Waals surface area contributed by atoms with Gasteiger partial charge in [-0.1, -0.05) is 30.3 Å². The fourth-order valence-electron chi connectivity index (χ4n) is 3.76. The predicted octanol–water partition coefficient (Wildman–Crippen LogP) is 3.67. The maximum absolute atomic E-state index is 12.8. The van der Waals surface area contributed by atoms with E-state index in [1.54, 1.807) is 10.8 Å². The second kappa shape index (κ2) is 9.51. The van der Waals surface area contributed by atoms with Crippen LogP contribution in [0.1, 0.15) is 31.1 Å². The summed E-state index contributed by atoms with van der Waals surface area (Å²) in [7, 11) is 0. The van der Waals surface area contributed by atoms with Crippen LogP contribution >= 0.6 is 0 Å². The lowest BCUT2D eigenvalue weighted by atomic mass is 10.1. The lowest BCUT2D eigenvalue weighted by Crippen LogP contribution is -2.34. The van der Waals surface area contributed by atoms with Gasteiger partial charge in [0, 0.05) is 12.7 Å². The molecule has 2 heterocycles. The Bertz CT molecular complexity index is 1280. The number of pyridine rings is 1. The minimum absolute atomic E-state index is 0.0352. The Morgan fingerprint density at radius 1 is 1.03 bits per heavy atom. The molecule has 0 saturated carbocycles. The second-order valence-electron chi connectivity index (χ2n) is 7.57. The number of hydrogen-bond donors (Lipinski definition) is 1. The molecule has 0 aliphatic heterocycles. The summed E-state index contributed by atoms with van der Waals surface area (Å²) < 4.78 is 9.04. The van der Waals surface area contributed by atoms with E-state index in [-0.39, 0.29) is 24.2 Å². The molecule has 7 heteroatoms. The topological polar surface area (TPSA) is 78.2 Å². The number of para-hydroxylation sites is 2. The van der Waals surface area contributed by atoms with Crippen LogP contribution in [-0.4, -0.2) is 20.0 Å². The number of carbonyl (C=O) groups excluding carboxylic acids is 1. The number of hydrogen-bond acceptors (Lipinski definition) is 4. The average molecular weight is 431 g/mol. The number of nitrogens with one attached hydrogen (secondary N) is 1. The minimum Gasteiger partial charge on any atom is -0.487 e. The molecular weight excluding hydrogens is 404 g/mol. The fourth-order valence-corrected chi connectivity index (χ4v) is 3.76. The highest BCUT2D eigenvalue weighted by atomic mass is 16.5. The number of fused-ring (bicyclic) bond motifs is 1. The monoisotopic (exact) mass is 430 g/mol. The van der Waals surface area contributed by atoms with Gasteiger partial charge in [0.25, 0.3) is 0 Å². The lowest BCUT2D eigenvalue weighted by molar-refractivity contribution is -0.122. The van der Waals surface area contributed by atoms with Crippen molar-refractivity contribution >= 4 is 16.9 Å². The van der Waals surface area contributed by atoms with Crippen LogP contribution in [0.25, 0.3) is 11.0 Å². The van der Waals surface area contributed by atoms with Crippen molar-refractivity contribution in [1.29, 1.82) is 0 Å². The summed E-state index contributed by atoms with van der Waals surface area (Å²) in [5.74, 6) is 0.481. The van der Waals surface area contributed by atoms with Gasteiger partial charge in [-0.25, -0.2) is 4.79 Å². The number of aryl methyl sites for hydroxylation is 1. The molecule has 0 aliphatic carbocycles. The molecule has 1 N–H and O–H groups in total. The molecule has 1 atom stereocenters. The summed E-state index contributed by atoms with van der Waals surface area (Å²) in [6, 6.07) is 20.6. The quantitative estimate of drug-likeness (QED) is 0.463. The van der Waals surface area contributed by atoms with Gasteiger partial charge in [0.15, 0.2) is 0 Å². The van der Waals surface area contributed by atoms with Crippen LogP contribution in [0, 0.1) is 0 Å². The average Bonchev–Trinajstić information content (AvgIpc) is 3.09. The molecule has 164 valence electrons. The standard InChI is InChI=1S/C25H26N4O3/c1-3-28-22-12-4-5-13-23(22)29(25(28)31)16-24(30)27-18(2)19-9-8-11-21(15-19)32-17-20-10-6-7-14-26-20/h4-15,18H,3,16-17H2,1-2H3,(H,27,30). The van der Waals surface area contributed by atoms with E-state index in [0.717, 1.165) is 22.3 Å². The summed E-state index contributed by atoms with van der Waals surface area (Å²) in [6.07, 6.45) is 1.73. The van der Waals surface area contributed by atoms with E-state index in [1.807, 2.05) is 80.6 Å². The van der Waals surface area contributed by atoms with E-state index < -0.39 is 0 Å². The molecule has 0 aliphatic rings. The number of ether oxygens (including phenoxy) is 1. The summed E-state index contributed by atoms with van der Waals surface area (Å²) in [4.78, 5) is 29.8. The molecular formula is C25H26N4O3. The highest BCUT2D eigenvalue weighted by Gasteiger charge is 2.16.